The summed E-state index contributed by atoms with van der Waals surface area (Å²) in [6.07, 6.45) is 2.94. The highest BCUT2D eigenvalue weighted by molar-refractivity contribution is 5.89. The summed E-state index contributed by atoms with van der Waals surface area (Å²) in [5.41, 5.74) is 0.711. The van der Waals surface area contributed by atoms with Crippen LogP contribution in [0.3, 0.4) is 0 Å². The van der Waals surface area contributed by atoms with Crippen molar-refractivity contribution in [1.29, 1.82) is 0 Å². The number of carbonyl (C=O) groups excluding carboxylic acids is 1. The van der Waals surface area contributed by atoms with Gasteiger partial charge in [0.15, 0.2) is 11.5 Å². The molecule has 0 aliphatic rings. The van der Waals surface area contributed by atoms with Crippen molar-refractivity contribution in [2.24, 2.45) is 0 Å². The fourth-order valence-corrected chi connectivity index (χ4v) is 2.28. The van der Waals surface area contributed by atoms with Crippen LogP contribution >= 0.6 is 0 Å². The van der Waals surface area contributed by atoms with Crippen molar-refractivity contribution < 1.29 is 28.5 Å². The molecule has 6 heteroatoms. The van der Waals surface area contributed by atoms with Crippen molar-refractivity contribution >= 4 is 12.0 Å². The lowest BCUT2D eigenvalue weighted by atomic mass is 10.1. The van der Waals surface area contributed by atoms with Gasteiger partial charge < -0.3 is 23.7 Å². The van der Waals surface area contributed by atoms with Crippen molar-refractivity contribution in [2.75, 3.05) is 27.9 Å². The van der Waals surface area contributed by atoms with E-state index in [1.807, 2.05) is 6.92 Å². The normalized spacial score (nSPS) is 10.5. The van der Waals surface area contributed by atoms with Crippen LogP contribution in [0.4, 0.5) is 0 Å². The van der Waals surface area contributed by atoms with Gasteiger partial charge in [0, 0.05) is 6.08 Å². The minimum Gasteiger partial charge on any atom is -0.494 e. The van der Waals surface area contributed by atoms with Gasteiger partial charge in [-0.1, -0.05) is 0 Å². The maximum absolute atomic E-state index is 12.0. The molecule has 2 aromatic rings. The summed E-state index contributed by atoms with van der Waals surface area (Å²) in [6.45, 7) is 2.48. The Hall–Kier alpha value is -3.15. The maximum Gasteiger partial charge on any atom is 0.336 e. The highest BCUT2D eigenvalue weighted by atomic mass is 16.5. The van der Waals surface area contributed by atoms with E-state index in [0.717, 1.165) is 5.75 Å². The van der Waals surface area contributed by atoms with Crippen LogP contribution in [0.5, 0.6) is 28.7 Å². The number of hydrogen-bond donors (Lipinski definition) is 0. The molecule has 0 unspecified atom stereocenters. The molecule has 0 fully saturated rings. The molecule has 0 aliphatic carbocycles. The number of ether oxygens (including phenoxy) is 5. The zero-order valence-corrected chi connectivity index (χ0v) is 15.3. The molecule has 2 aromatic carbocycles. The zero-order valence-electron chi connectivity index (χ0n) is 15.3. The second-order valence-electron chi connectivity index (χ2n) is 5.12. The summed E-state index contributed by atoms with van der Waals surface area (Å²) in [7, 11) is 4.60. The Kier molecular flexibility index (Phi) is 6.91. The van der Waals surface area contributed by atoms with Crippen LogP contribution in [-0.4, -0.2) is 33.9 Å². The lowest BCUT2D eigenvalue weighted by Crippen LogP contribution is -2.03. The van der Waals surface area contributed by atoms with E-state index in [-0.39, 0.29) is 0 Å². The topological polar surface area (TPSA) is 63.2 Å². The Labute approximate surface area is 152 Å². The predicted octanol–water partition coefficient (Wildman–Crippen LogP) is 3.73. The van der Waals surface area contributed by atoms with E-state index in [1.165, 1.54) is 27.4 Å². The van der Waals surface area contributed by atoms with Gasteiger partial charge in [0.1, 0.15) is 11.5 Å². The first-order valence-corrected chi connectivity index (χ1v) is 8.04. The average molecular weight is 358 g/mol. The van der Waals surface area contributed by atoms with Gasteiger partial charge in [0.05, 0.1) is 27.9 Å². The van der Waals surface area contributed by atoms with E-state index in [1.54, 1.807) is 42.5 Å². The van der Waals surface area contributed by atoms with Crippen molar-refractivity contribution in [3.63, 3.8) is 0 Å². The summed E-state index contributed by atoms with van der Waals surface area (Å²) in [6, 6.07) is 10.3. The number of esters is 1. The van der Waals surface area contributed by atoms with Crippen LogP contribution in [0.15, 0.2) is 42.5 Å². The maximum atomic E-state index is 12.0. The zero-order chi connectivity index (χ0) is 18.9. The monoisotopic (exact) mass is 358 g/mol. The SMILES string of the molecule is CCOc1ccc(OC(=O)/C=C/c2cc(OC)c(OC)c(OC)c2)cc1. The van der Waals surface area contributed by atoms with Gasteiger partial charge in [0.25, 0.3) is 0 Å². The molecule has 0 radical (unpaired) electrons. The standard InChI is InChI=1S/C20H22O6/c1-5-25-15-7-9-16(10-8-15)26-19(21)11-6-14-12-17(22-2)20(24-4)18(13-14)23-3/h6-13H,5H2,1-4H3/b11-6+. The molecule has 0 saturated carbocycles. The molecule has 0 aromatic heterocycles. The first kappa shape index (κ1) is 19.2. The molecular formula is C20H22O6. The van der Waals surface area contributed by atoms with Crippen molar-refractivity contribution in [3.05, 3.63) is 48.0 Å². The smallest absolute Gasteiger partial charge is 0.336 e. The molecule has 0 bridgehead atoms. The van der Waals surface area contributed by atoms with E-state index in [9.17, 15) is 4.79 Å². The average Bonchev–Trinajstić information content (AvgIpc) is 2.67. The van der Waals surface area contributed by atoms with Crippen molar-refractivity contribution in [2.45, 2.75) is 6.92 Å². The van der Waals surface area contributed by atoms with Crippen LogP contribution in [0, 0.1) is 0 Å². The molecule has 2 rings (SSSR count). The van der Waals surface area contributed by atoms with Crippen LogP contribution in [0.1, 0.15) is 12.5 Å². The van der Waals surface area contributed by atoms with Gasteiger partial charge in [0.2, 0.25) is 5.75 Å². The summed E-state index contributed by atoms with van der Waals surface area (Å²) in [5, 5.41) is 0. The van der Waals surface area contributed by atoms with Gasteiger partial charge in [-0.25, -0.2) is 4.79 Å². The van der Waals surface area contributed by atoms with E-state index in [4.69, 9.17) is 23.7 Å². The first-order chi connectivity index (χ1) is 12.6. The number of benzene rings is 2. The third kappa shape index (κ3) is 4.92. The summed E-state index contributed by atoms with van der Waals surface area (Å²) < 4.78 is 26.4. The van der Waals surface area contributed by atoms with Crippen molar-refractivity contribution in [1.82, 2.24) is 0 Å². The quantitative estimate of drug-likeness (QED) is 0.407. The molecule has 0 aliphatic heterocycles. The lowest BCUT2D eigenvalue weighted by molar-refractivity contribution is -0.128. The number of carbonyl (C=O) groups is 1. The van der Waals surface area contributed by atoms with Gasteiger partial charge in [-0.2, -0.15) is 0 Å². The number of rotatable bonds is 8. The molecule has 0 amide bonds. The van der Waals surface area contributed by atoms with Gasteiger partial charge in [-0.3, -0.25) is 0 Å². The third-order valence-corrected chi connectivity index (χ3v) is 3.45. The first-order valence-electron chi connectivity index (χ1n) is 8.04. The van der Waals surface area contributed by atoms with E-state index in [0.29, 0.717) is 35.2 Å². The van der Waals surface area contributed by atoms with E-state index >= 15 is 0 Å². The Bertz CT molecular complexity index is 739. The highest BCUT2D eigenvalue weighted by Gasteiger charge is 2.12. The largest absolute Gasteiger partial charge is 0.494 e. The Balaban J connectivity index is 2.09. The van der Waals surface area contributed by atoms with Gasteiger partial charge in [-0.05, 0) is 55.0 Å². The van der Waals surface area contributed by atoms with Crippen LogP contribution in [0.25, 0.3) is 6.08 Å². The van der Waals surface area contributed by atoms with E-state index < -0.39 is 5.97 Å². The van der Waals surface area contributed by atoms with Crippen LogP contribution in [0.2, 0.25) is 0 Å². The third-order valence-electron chi connectivity index (χ3n) is 3.45. The molecular weight excluding hydrogens is 336 g/mol. The Morgan fingerprint density at radius 2 is 1.50 bits per heavy atom. The fourth-order valence-electron chi connectivity index (χ4n) is 2.28. The molecule has 138 valence electrons. The molecule has 0 heterocycles. The molecule has 26 heavy (non-hydrogen) atoms. The molecule has 0 spiro atoms. The predicted molar refractivity (Wildman–Crippen MR) is 98.4 cm³/mol. The van der Waals surface area contributed by atoms with Crippen molar-refractivity contribution in [3.8, 4) is 28.7 Å². The number of hydrogen-bond acceptors (Lipinski definition) is 6. The van der Waals surface area contributed by atoms with Crippen LogP contribution in [-0.2, 0) is 4.79 Å². The Morgan fingerprint density at radius 3 is 2.00 bits per heavy atom. The molecule has 0 N–H and O–H groups in total. The fraction of sp³-hybridized carbons (Fsp3) is 0.250. The minimum absolute atomic E-state index is 0.438. The lowest BCUT2D eigenvalue weighted by Gasteiger charge is -2.12. The number of methoxy groups -OCH3 is 3. The second kappa shape index (κ2) is 9.36. The van der Waals surface area contributed by atoms with Crippen LogP contribution < -0.4 is 23.7 Å². The summed E-state index contributed by atoms with van der Waals surface area (Å²) in [5.74, 6) is 2.16. The second-order valence-corrected chi connectivity index (χ2v) is 5.12. The minimum atomic E-state index is -0.497. The van der Waals surface area contributed by atoms with E-state index in [2.05, 4.69) is 0 Å². The van der Waals surface area contributed by atoms with Gasteiger partial charge in [-0.15, -0.1) is 0 Å². The summed E-state index contributed by atoms with van der Waals surface area (Å²) >= 11 is 0. The highest BCUT2D eigenvalue weighted by Crippen LogP contribution is 2.38. The Morgan fingerprint density at radius 1 is 0.923 bits per heavy atom. The van der Waals surface area contributed by atoms with Gasteiger partial charge >= 0.3 is 5.97 Å². The molecule has 6 nitrogen and oxygen atoms in total. The summed E-state index contributed by atoms with van der Waals surface area (Å²) in [4.78, 5) is 12.0. The molecule has 0 saturated heterocycles. The molecule has 0 atom stereocenters.